The lowest BCUT2D eigenvalue weighted by molar-refractivity contribution is 0.187. The number of amides is 1. The Morgan fingerprint density at radius 1 is 1.40 bits per heavy atom. The summed E-state index contributed by atoms with van der Waals surface area (Å²) in [4.78, 5) is 10.9. The molecule has 0 unspecified atom stereocenters. The van der Waals surface area contributed by atoms with Gasteiger partial charge in [0.1, 0.15) is 0 Å². The van der Waals surface area contributed by atoms with Gasteiger partial charge in [-0.05, 0) is 30.5 Å². The minimum Gasteiger partial charge on any atom is -0.453 e. The van der Waals surface area contributed by atoms with E-state index in [-0.39, 0.29) is 6.61 Å². The van der Waals surface area contributed by atoms with Crippen LogP contribution in [0.25, 0.3) is 0 Å². The first-order valence-corrected chi connectivity index (χ1v) is 4.81. The second-order valence-electron chi connectivity index (χ2n) is 3.14. The van der Waals surface area contributed by atoms with Crippen molar-refractivity contribution < 1.29 is 14.6 Å². The van der Waals surface area contributed by atoms with Crippen molar-refractivity contribution in [2.45, 2.75) is 12.8 Å². The van der Waals surface area contributed by atoms with Crippen LogP contribution in [0.2, 0.25) is 0 Å². The summed E-state index contributed by atoms with van der Waals surface area (Å²) in [6, 6.07) is 7.45. The highest BCUT2D eigenvalue weighted by Gasteiger charge is 1.99. The topological polar surface area (TPSA) is 58.6 Å². The van der Waals surface area contributed by atoms with Crippen LogP contribution >= 0.6 is 0 Å². The minimum absolute atomic E-state index is 0.197. The first-order valence-electron chi connectivity index (χ1n) is 4.81. The number of carbonyl (C=O) groups excluding carboxylic acids is 1. The van der Waals surface area contributed by atoms with Crippen LogP contribution in [0.4, 0.5) is 10.5 Å². The standard InChI is InChI=1S/C11H15NO3/c1-15-11(14)12-10-6-4-9(5-7-10)3-2-8-13/h4-7,13H,2-3,8H2,1H3,(H,12,14). The second-order valence-corrected chi connectivity index (χ2v) is 3.14. The van der Waals surface area contributed by atoms with Crippen LogP contribution in [0.3, 0.4) is 0 Å². The fraction of sp³-hybridized carbons (Fsp3) is 0.364. The lowest BCUT2D eigenvalue weighted by Gasteiger charge is -2.04. The molecule has 15 heavy (non-hydrogen) atoms. The molecule has 1 aromatic carbocycles. The van der Waals surface area contributed by atoms with Gasteiger partial charge in [-0.15, -0.1) is 0 Å². The third-order valence-corrected chi connectivity index (χ3v) is 2.01. The number of ether oxygens (including phenoxy) is 1. The van der Waals surface area contributed by atoms with Crippen molar-refractivity contribution in [3.05, 3.63) is 29.8 Å². The smallest absolute Gasteiger partial charge is 0.411 e. The molecular weight excluding hydrogens is 194 g/mol. The molecule has 1 aromatic rings. The molecule has 1 amide bonds. The average molecular weight is 209 g/mol. The van der Waals surface area contributed by atoms with Gasteiger partial charge in [0.15, 0.2) is 0 Å². The number of aliphatic hydroxyl groups excluding tert-OH is 1. The van der Waals surface area contributed by atoms with Crippen molar-refractivity contribution in [2.75, 3.05) is 19.0 Å². The predicted molar refractivity (Wildman–Crippen MR) is 57.9 cm³/mol. The molecule has 2 N–H and O–H groups in total. The number of aryl methyl sites for hydroxylation is 1. The summed E-state index contributed by atoms with van der Waals surface area (Å²) in [5, 5.41) is 11.2. The quantitative estimate of drug-likeness (QED) is 0.794. The molecule has 0 aliphatic carbocycles. The number of hydrogen-bond donors (Lipinski definition) is 2. The SMILES string of the molecule is COC(=O)Nc1ccc(CCCO)cc1. The predicted octanol–water partition coefficient (Wildman–Crippen LogP) is 1.79. The van der Waals surface area contributed by atoms with Crippen molar-refractivity contribution in [2.24, 2.45) is 0 Å². The number of benzene rings is 1. The maximum atomic E-state index is 10.9. The fourth-order valence-electron chi connectivity index (χ4n) is 1.21. The Hall–Kier alpha value is -1.55. The molecule has 0 aliphatic rings. The van der Waals surface area contributed by atoms with Crippen molar-refractivity contribution in [1.82, 2.24) is 0 Å². The molecule has 82 valence electrons. The van der Waals surface area contributed by atoms with Crippen LogP contribution in [-0.2, 0) is 11.2 Å². The molecule has 0 saturated heterocycles. The number of rotatable bonds is 4. The van der Waals surface area contributed by atoms with Crippen LogP contribution in [0.15, 0.2) is 24.3 Å². The van der Waals surface area contributed by atoms with E-state index in [2.05, 4.69) is 10.1 Å². The molecule has 1 rings (SSSR count). The van der Waals surface area contributed by atoms with Crippen LogP contribution < -0.4 is 5.32 Å². The minimum atomic E-state index is -0.474. The largest absolute Gasteiger partial charge is 0.453 e. The Morgan fingerprint density at radius 2 is 2.07 bits per heavy atom. The normalized spacial score (nSPS) is 9.73. The van der Waals surface area contributed by atoms with Crippen LogP contribution in [0, 0.1) is 0 Å². The summed E-state index contributed by atoms with van der Waals surface area (Å²) in [6.07, 6.45) is 1.12. The first-order chi connectivity index (χ1) is 7.26. The molecule has 4 heteroatoms. The zero-order chi connectivity index (χ0) is 11.1. The maximum absolute atomic E-state index is 10.9. The summed E-state index contributed by atoms with van der Waals surface area (Å²) >= 11 is 0. The lowest BCUT2D eigenvalue weighted by Crippen LogP contribution is -2.10. The van der Waals surface area contributed by atoms with Gasteiger partial charge in [-0.25, -0.2) is 4.79 Å². The molecule has 0 fully saturated rings. The van der Waals surface area contributed by atoms with Gasteiger partial charge in [-0.3, -0.25) is 5.32 Å². The van der Waals surface area contributed by atoms with Gasteiger partial charge in [0.2, 0.25) is 0 Å². The van der Waals surface area contributed by atoms with E-state index in [4.69, 9.17) is 5.11 Å². The number of aliphatic hydroxyl groups is 1. The molecule has 0 spiro atoms. The third-order valence-electron chi connectivity index (χ3n) is 2.01. The highest BCUT2D eigenvalue weighted by molar-refractivity contribution is 5.84. The van der Waals surface area contributed by atoms with Crippen molar-refractivity contribution in [3.63, 3.8) is 0 Å². The van der Waals surface area contributed by atoms with Gasteiger partial charge < -0.3 is 9.84 Å². The molecule has 0 saturated carbocycles. The van der Waals surface area contributed by atoms with E-state index < -0.39 is 6.09 Å². The van der Waals surface area contributed by atoms with Crippen molar-refractivity contribution >= 4 is 11.8 Å². The average Bonchev–Trinajstić information content (AvgIpc) is 2.28. The Morgan fingerprint density at radius 3 is 2.60 bits per heavy atom. The van der Waals surface area contributed by atoms with E-state index in [0.717, 1.165) is 18.4 Å². The van der Waals surface area contributed by atoms with Gasteiger partial charge in [0.25, 0.3) is 0 Å². The van der Waals surface area contributed by atoms with E-state index in [9.17, 15) is 4.79 Å². The highest BCUT2D eigenvalue weighted by atomic mass is 16.5. The van der Waals surface area contributed by atoms with Gasteiger partial charge in [-0.1, -0.05) is 12.1 Å². The van der Waals surface area contributed by atoms with Gasteiger partial charge >= 0.3 is 6.09 Å². The summed E-state index contributed by atoms with van der Waals surface area (Å²) < 4.78 is 4.47. The Kier molecular flexibility index (Phi) is 4.63. The van der Waals surface area contributed by atoms with Crippen LogP contribution in [0.1, 0.15) is 12.0 Å². The molecule has 0 radical (unpaired) electrons. The molecule has 0 aromatic heterocycles. The fourth-order valence-corrected chi connectivity index (χ4v) is 1.21. The number of nitrogens with one attached hydrogen (secondary N) is 1. The number of hydrogen-bond acceptors (Lipinski definition) is 3. The van der Waals surface area contributed by atoms with E-state index in [1.807, 2.05) is 24.3 Å². The number of methoxy groups -OCH3 is 1. The summed E-state index contributed by atoms with van der Waals surface area (Å²) in [5.74, 6) is 0. The lowest BCUT2D eigenvalue weighted by atomic mass is 10.1. The number of carbonyl (C=O) groups is 1. The van der Waals surface area contributed by atoms with E-state index in [1.165, 1.54) is 7.11 Å². The van der Waals surface area contributed by atoms with Crippen LogP contribution in [0.5, 0.6) is 0 Å². The molecule has 4 nitrogen and oxygen atoms in total. The van der Waals surface area contributed by atoms with E-state index >= 15 is 0 Å². The molecule has 0 atom stereocenters. The molecular formula is C11H15NO3. The third kappa shape index (κ3) is 3.99. The van der Waals surface area contributed by atoms with Gasteiger partial charge in [-0.2, -0.15) is 0 Å². The number of anilines is 1. The van der Waals surface area contributed by atoms with E-state index in [1.54, 1.807) is 0 Å². The zero-order valence-corrected chi connectivity index (χ0v) is 8.69. The second kappa shape index (κ2) is 6.03. The molecule has 0 heterocycles. The maximum Gasteiger partial charge on any atom is 0.411 e. The van der Waals surface area contributed by atoms with E-state index in [0.29, 0.717) is 5.69 Å². The summed E-state index contributed by atoms with van der Waals surface area (Å²) in [5.41, 5.74) is 1.84. The first kappa shape index (κ1) is 11.5. The molecule has 0 aliphatic heterocycles. The monoisotopic (exact) mass is 209 g/mol. The van der Waals surface area contributed by atoms with Crippen molar-refractivity contribution in [3.8, 4) is 0 Å². The van der Waals surface area contributed by atoms with Crippen molar-refractivity contribution in [1.29, 1.82) is 0 Å². The summed E-state index contributed by atoms with van der Waals surface area (Å²) in [7, 11) is 1.32. The Labute approximate surface area is 88.9 Å². The van der Waals surface area contributed by atoms with Gasteiger partial charge in [0, 0.05) is 12.3 Å². The highest BCUT2D eigenvalue weighted by Crippen LogP contribution is 2.11. The zero-order valence-electron chi connectivity index (χ0n) is 8.69. The van der Waals surface area contributed by atoms with Gasteiger partial charge in [0.05, 0.1) is 7.11 Å². The molecule has 0 bridgehead atoms. The Bertz CT molecular complexity index is 308. The van der Waals surface area contributed by atoms with Crippen LogP contribution in [-0.4, -0.2) is 24.9 Å². The summed E-state index contributed by atoms with van der Waals surface area (Å²) in [6.45, 7) is 0.197. The Balaban J connectivity index is 2.52.